The number of carbonyl (C=O) groups is 1. The molecule has 0 saturated carbocycles. The summed E-state index contributed by atoms with van der Waals surface area (Å²) in [5, 5.41) is 9.39. The molecule has 2 aromatic rings. The van der Waals surface area contributed by atoms with Crippen LogP contribution in [0.1, 0.15) is 0 Å². The van der Waals surface area contributed by atoms with Crippen LogP contribution in [0.4, 0.5) is 4.79 Å². The van der Waals surface area contributed by atoms with Gasteiger partial charge in [-0.2, -0.15) is 0 Å². The van der Waals surface area contributed by atoms with E-state index in [4.69, 9.17) is 9.47 Å². The molecule has 0 aromatic heterocycles. The van der Waals surface area contributed by atoms with Gasteiger partial charge in [-0.3, -0.25) is 0 Å². The third kappa shape index (κ3) is 2.98. The molecule has 0 unspecified atom stereocenters. The summed E-state index contributed by atoms with van der Waals surface area (Å²) < 4.78 is 9.74. The molecule has 4 heteroatoms. The summed E-state index contributed by atoms with van der Waals surface area (Å²) in [5.41, 5.74) is 0. The average Bonchev–Trinajstić information content (AvgIpc) is 2.33. The lowest BCUT2D eigenvalue weighted by molar-refractivity contribution is 0.150. The standard InChI is InChI=1S/C13H10O4/c14-11-8-4-5-9-12(11)17-13(15)16-10-6-2-1-3-7-10/h1-9,14H. The molecule has 1 N–H and O–H groups in total. The van der Waals surface area contributed by atoms with Crippen LogP contribution in [0.25, 0.3) is 0 Å². The molecule has 86 valence electrons. The van der Waals surface area contributed by atoms with Gasteiger partial charge in [0.25, 0.3) is 0 Å². The van der Waals surface area contributed by atoms with Crippen LogP contribution in [0.3, 0.4) is 0 Å². The molecule has 0 aliphatic rings. The summed E-state index contributed by atoms with van der Waals surface area (Å²) in [4.78, 5) is 11.4. The summed E-state index contributed by atoms with van der Waals surface area (Å²) in [6.45, 7) is 0. The summed E-state index contributed by atoms with van der Waals surface area (Å²) in [5.74, 6) is 0.332. The highest BCUT2D eigenvalue weighted by Gasteiger charge is 2.10. The van der Waals surface area contributed by atoms with E-state index in [9.17, 15) is 9.90 Å². The molecule has 0 saturated heterocycles. The second kappa shape index (κ2) is 5.03. The van der Waals surface area contributed by atoms with Gasteiger partial charge in [0.1, 0.15) is 5.75 Å². The number of phenols is 1. The van der Waals surface area contributed by atoms with Crippen LogP contribution in [-0.4, -0.2) is 11.3 Å². The smallest absolute Gasteiger partial charge is 0.504 e. The third-order valence-electron chi connectivity index (χ3n) is 2.00. The molecule has 0 atom stereocenters. The average molecular weight is 230 g/mol. The van der Waals surface area contributed by atoms with Crippen LogP contribution < -0.4 is 9.47 Å². The maximum Gasteiger partial charge on any atom is 0.519 e. The first-order chi connectivity index (χ1) is 8.25. The number of aromatic hydroxyl groups is 1. The van der Waals surface area contributed by atoms with Crippen LogP contribution in [0.5, 0.6) is 17.2 Å². The number of benzene rings is 2. The lowest BCUT2D eigenvalue weighted by Crippen LogP contribution is -2.13. The second-order valence-electron chi connectivity index (χ2n) is 3.23. The van der Waals surface area contributed by atoms with E-state index in [1.807, 2.05) is 0 Å². The Morgan fingerprint density at radius 2 is 1.53 bits per heavy atom. The van der Waals surface area contributed by atoms with Crippen molar-refractivity contribution in [3.05, 3.63) is 54.6 Å². The zero-order valence-electron chi connectivity index (χ0n) is 8.87. The topological polar surface area (TPSA) is 55.8 Å². The fourth-order valence-corrected chi connectivity index (χ4v) is 1.24. The van der Waals surface area contributed by atoms with Gasteiger partial charge in [0.05, 0.1) is 0 Å². The summed E-state index contributed by atoms with van der Waals surface area (Å²) >= 11 is 0. The Morgan fingerprint density at radius 1 is 0.882 bits per heavy atom. The van der Waals surface area contributed by atoms with Crippen LogP contribution in [0.15, 0.2) is 54.6 Å². The van der Waals surface area contributed by atoms with Gasteiger partial charge in [0.15, 0.2) is 11.5 Å². The molecule has 0 radical (unpaired) electrons. The van der Waals surface area contributed by atoms with Gasteiger partial charge >= 0.3 is 6.16 Å². The normalized spacial score (nSPS) is 9.65. The molecule has 0 heterocycles. The molecular formula is C13H10O4. The minimum absolute atomic E-state index is 0.0634. The largest absolute Gasteiger partial charge is 0.519 e. The predicted octanol–water partition coefficient (Wildman–Crippen LogP) is 2.97. The summed E-state index contributed by atoms with van der Waals surface area (Å²) in [6, 6.07) is 14.7. The maximum atomic E-state index is 11.4. The molecule has 0 spiro atoms. The van der Waals surface area contributed by atoms with E-state index in [1.54, 1.807) is 42.5 Å². The van der Waals surface area contributed by atoms with E-state index in [1.165, 1.54) is 12.1 Å². The number of para-hydroxylation sites is 3. The van der Waals surface area contributed by atoms with Crippen molar-refractivity contribution in [1.82, 2.24) is 0 Å². The monoisotopic (exact) mass is 230 g/mol. The molecular weight excluding hydrogens is 220 g/mol. The SMILES string of the molecule is O=C(Oc1ccccc1)Oc1ccccc1O. The van der Waals surface area contributed by atoms with E-state index in [0.29, 0.717) is 5.75 Å². The Bertz CT molecular complexity index is 508. The highest BCUT2D eigenvalue weighted by molar-refractivity contribution is 5.68. The number of phenolic OH excluding ortho intramolecular Hbond substituents is 1. The van der Waals surface area contributed by atoms with E-state index in [-0.39, 0.29) is 11.5 Å². The number of hydrogen-bond donors (Lipinski definition) is 1. The molecule has 0 fully saturated rings. The highest BCUT2D eigenvalue weighted by Crippen LogP contribution is 2.24. The first-order valence-corrected chi connectivity index (χ1v) is 4.98. The predicted molar refractivity (Wildman–Crippen MR) is 61.2 cm³/mol. The van der Waals surface area contributed by atoms with Crippen LogP contribution in [0, 0.1) is 0 Å². The van der Waals surface area contributed by atoms with Crippen molar-refractivity contribution in [3.63, 3.8) is 0 Å². The number of hydrogen-bond acceptors (Lipinski definition) is 4. The van der Waals surface area contributed by atoms with Crippen molar-refractivity contribution in [2.45, 2.75) is 0 Å². The zero-order chi connectivity index (χ0) is 12.1. The fourth-order valence-electron chi connectivity index (χ4n) is 1.24. The number of ether oxygens (including phenoxy) is 2. The van der Waals surface area contributed by atoms with Crippen LogP contribution >= 0.6 is 0 Å². The molecule has 2 aromatic carbocycles. The van der Waals surface area contributed by atoms with E-state index < -0.39 is 6.16 Å². The number of carbonyl (C=O) groups excluding carboxylic acids is 1. The Kier molecular flexibility index (Phi) is 3.25. The van der Waals surface area contributed by atoms with Crippen molar-refractivity contribution in [2.24, 2.45) is 0 Å². The van der Waals surface area contributed by atoms with E-state index >= 15 is 0 Å². The number of rotatable bonds is 2. The van der Waals surface area contributed by atoms with E-state index in [0.717, 1.165) is 0 Å². The first-order valence-electron chi connectivity index (χ1n) is 4.98. The summed E-state index contributed by atoms with van der Waals surface area (Å²) in [6.07, 6.45) is -0.891. The molecule has 17 heavy (non-hydrogen) atoms. The van der Waals surface area contributed by atoms with Crippen LogP contribution in [0.2, 0.25) is 0 Å². The maximum absolute atomic E-state index is 11.4. The van der Waals surface area contributed by atoms with Crippen molar-refractivity contribution >= 4 is 6.16 Å². The van der Waals surface area contributed by atoms with Gasteiger partial charge in [-0.05, 0) is 24.3 Å². The lowest BCUT2D eigenvalue weighted by atomic mass is 10.3. The first kappa shape index (κ1) is 11.0. The van der Waals surface area contributed by atoms with Crippen LogP contribution in [-0.2, 0) is 0 Å². The van der Waals surface area contributed by atoms with Gasteiger partial charge in [-0.25, -0.2) is 4.79 Å². The van der Waals surface area contributed by atoms with Gasteiger partial charge in [0.2, 0.25) is 0 Å². The molecule has 2 rings (SSSR count). The second-order valence-corrected chi connectivity index (χ2v) is 3.23. The molecule has 4 nitrogen and oxygen atoms in total. The Labute approximate surface area is 98.0 Å². The highest BCUT2D eigenvalue weighted by atomic mass is 16.7. The van der Waals surface area contributed by atoms with Gasteiger partial charge < -0.3 is 14.6 Å². The van der Waals surface area contributed by atoms with Crippen molar-refractivity contribution in [2.75, 3.05) is 0 Å². The molecule has 0 aliphatic carbocycles. The van der Waals surface area contributed by atoms with Crippen molar-refractivity contribution in [1.29, 1.82) is 0 Å². The molecule has 0 bridgehead atoms. The summed E-state index contributed by atoms with van der Waals surface area (Å²) in [7, 11) is 0. The lowest BCUT2D eigenvalue weighted by Gasteiger charge is -2.06. The Hall–Kier alpha value is -2.49. The van der Waals surface area contributed by atoms with Crippen molar-refractivity contribution < 1.29 is 19.4 Å². The van der Waals surface area contributed by atoms with Crippen molar-refractivity contribution in [3.8, 4) is 17.2 Å². The van der Waals surface area contributed by atoms with Gasteiger partial charge in [-0.15, -0.1) is 0 Å². The van der Waals surface area contributed by atoms with E-state index in [2.05, 4.69) is 0 Å². The van der Waals surface area contributed by atoms with Gasteiger partial charge in [-0.1, -0.05) is 30.3 Å². The zero-order valence-corrected chi connectivity index (χ0v) is 8.87. The molecule has 0 aliphatic heterocycles. The Morgan fingerprint density at radius 3 is 2.24 bits per heavy atom. The minimum atomic E-state index is -0.891. The minimum Gasteiger partial charge on any atom is -0.504 e. The molecule has 0 amide bonds. The Balaban J connectivity index is 2.01. The third-order valence-corrected chi connectivity index (χ3v) is 2.00. The quantitative estimate of drug-likeness (QED) is 0.636. The van der Waals surface area contributed by atoms with Gasteiger partial charge in [0, 0.05) is 0 Å². The fraction of sp³-hybridized carbons (Fsp3) is 0.